The molecule has 6 rings (SSSR count). The fraction of sp³-hybridized carbons (Fsp3) is 0.778. The highest BCUT2D eigenvalue weighted by Gasteiger charge is 2.67. The molecule has 0 saturated heterocycles. The van der Waals surface area contributed by atoms with Crippen LogP contribution in [0.25, 0.3) is 0 Å². The maximum Gasteiger partial charge on any atom is -0.0100 e. The molecule has 6 aliphatic rings. The minimum absolute atomic E-state index is 1.14. The lowest BCUT2D eigenvalue weighted by atomic mass is 9.78. The van der Waals surface area contributed by atoms with Gasteiger partial charge in [0, 0.05) is 0 Å². The smallest absolute Gasteiger partial charge is 0.0100 e. The van der Waals surface area contributed by atoms with Gasteiger partial charge in [-0.3, -0.25) is 0 Å². The first kappa shape index (κ1) is 3.80. The van der Waals surface area contributed by atoms with E-state index < -0.39 is 0 Å². The molecule has 9 heavy (non-hydrogen) atoms. The molecule has 4 bridgehead atoms. The number of fused-ring (bicyclic) bond motifs is 1. The van der Waals surface area contributed by atoms with Crippen molar-refractivity contribution < 1.29 is 0 Å². The molecule has 0 aromatic rings. The van der Waals surface area contributed by atoms with Gasteiger partial charge in [0.1, 0.15) is 0 Å². The summed E-state index contributed by atoms with van der Waals surface area (Å²) in [5.74, 6) is 4.65. The summed E-state index contributed by atoms with van der Waals surface area (Å²) < 4.78 is 0. The molecule has 0 aliphatic heterocycles. The summed E-state index contributed by atoms with van der Waals surface area (Å²) in [5.41, 5.74) is 3.89. The number of allylic oxidation sites excluding steroid dienone is 2. The van der Waals surface area contributed by atoms with Crippen molar-refractivity contribution in [2.75, 3.05) is 0 Å². The van der Waals surface area contributed by atoms with E-state index in [9.17, 15) is 0 Å². The first-order chi connectivity index (χ1) is 4.47. The van der Waals surface area contributed by atoms with E-state index in [1.54, 1.807) is 12.8 Å². The second-order valence-electron chi connectivity index (χ2n) is 4.16. The van der Waals surface area contributed by atoms with Gasteiger partial charge in [0.05, 0.1) is 0 Å². The maximum absolute atomic E-state index is 1.96. The molecule has 0 N–H and O–H groups in total. The molecule has 46 valence electrons. The molecule has 4 atom stereocenters. The summed E-state index contributed by atoms with van der Waals surface area (Å²) in [6.07, 6.45) is 4.62. The third kappa shape index (κ3) is 0.211. The van der Waals surface area contributed by atoms with E-state index in [0.29, 0.717) is 0 Å². The van der Waals surface area contributed by atoms with Crippen molar-refractivity contribution in [3.63, 3.8) is 0 Å². The molecule has 0 aromatic heterocycles. The fourth-order valence-electron chi connectivity index (χ4n) is 3.77. The summed E-state index contributed by atoms with van der Waals surface area (Å²) >= 11 is 0. The standard InChI is InChI=1S/C9H10/c1-2-5-8-4(1)9(5)7-3-6(7)8/h4,6-8H,1-3H2. The van der Waals surface area contributed by atoms with Crippen LogP contribution in [0, 0.1) is 23.7 Å². The van der Waals surface area contributed by atoms with Crippen molar-refractivity contribution in [1.82, 2.24) is 0 Å². The molecule has 0 spiro atoms. The number of hydrogen-bond acceptors (Lipinski definition) is 0. The molecular formula is C9H10. The Morgan fingerprint density at radius 2 is 2.22 bits per heavy atom. The lowest BCUT2D eigenvalue weighted by Crippen LogP contribution is -2.17. The van der Waals surface area contributed by atoms with Crippen LogP contribution >= 0.6 is 0 Å². The Balaban J connectivity index is 2.06. The van der Waals surface area contributed by atoms with Crippen LogP contribution in [0.4, 0.5) is 0 Å². The molecular weight excluding hydrogens is 108 g/mol. The van der Waals surface area contributed by atoms with Crippen LogP contribution in [-0.2, 0) is 0 Å². The van der Waals surface area contributed by atoms with Gasteiger partial charge in [-0.25, -0.2) is 0 Å². The van der Waals surface area contributed by atoms with Crippen molar-refractivity contribution in [3.8, 4) is 0 Å². The van der Waals surface area contributed by atoms with Gasteiger partial charge in [-0.1, -0.05) is 11.1 Å². The second kappa shape index (κ2) is 0.817. The van der Waals surface area contributed by atoms with Crippen molar-refractivity contribution in [3.05, 3.63) is 11.1 Å². The fourth-order valence-corrected chi connectivity index (χ4v) is 3.77. The summed E-state index contributed by atoms with van der Waals surface area (Å²) in [6, 6.07) is 0. The van der Waals surface area contributed by atoms with Crippen molar-refractivity contribution >= 4 is 0 Å². The molecule has 0 nitrogen and oxygen atoms in total. The minimum atomic E-state index is 1.14. The Morgan fingerprint density at radius 1 is 1.22 bits per heavy atom. The van der Waals surface area contributed by atoms with Gasteiger partial charge in [-0.05, 0) is 42.9 Å². The van der Waals surface area contributed by atoms with Gasteiger partial charge in [0.2, 0.25) is 0 Å². The van der Waals surface area contributed by atoms with Crippen LogP contribution in [-0.4, -0.2) is 0 Å². The Morgan fingerprint density at radius 3 is 2.67 bits per heavy atom. The predicted octanol–water partition coefficient (Wildman–Crippen LogP) is 1.97. The van der Waals surface area contributed by atoms with Crippen molar-refractivity contribution in [2.45, 2.75) is 19.3 Å². The average Bonchev–Trinajstić information content (AvgIpc) is 2.45. The van der Waals surface area contributed by atoms with Gasteiger partial charge < -0.3 is 0 Å². The third-order valence-electron chi connectivity index (χ3n) is 4.03. The molecule has 3 fully saturated rings. The van der Waals surface area contributed by atoms with Gasteiger partial charge in [-0.2, -0.15) is 0 Å². The van der Waals surface area contributed by atoms with Gasteiger partial charge >= 0.3 is 0 Å². The SMILES string of the molecule is C1CC2C3=C1C2C1CC31. The van der Waals surface area contributed by atoms with Crippen LogP contribution in [0.1, 0.15) is 19.3 Å². The van der Waals surface area contributed by atoms with E-state index in [-0.39, 0.29) is 0 Å². The molecule has 6 aliphatic carbocycles. The lowest BCUT2D eigenvalue weighted by molar-refractivity contribution is 0.435. The topological polar surface area (TPSA) is 0 Å². The molecule has 0 amide bonds. The predicted molar refractivity (Wildman–Crippen MR) is 34.8 cm³/mol. The zero-order chi connectivity index (χ0) is 5.59. The van der Waals surface area contributed by atoms with E-state index in [1.807, 2.05) is 11.1 Å². The second-order valence-corrected chi connectivity index (χ2v) is 4.16. The van der Waals surface area contributed by atoms with Gasteiger partial charge in [0.15, 0.2) is 0 Å². The van der Waals surface area contributed by atoms with E-state index >= 15 is 0 Å². The van der Waals surface area contributed by atoms with Crippen LogP contribution < -0.4 is 0 Å². The monoisotopic (exact) mass is 118 g/mol. The van der Waals surface area contributed by atoms with Gasteiger partial charge in [-0.15, -0.1) is 0 Å². The largest absolute Gasteiger partial charge is 0.0664 e. The molecule has 3 saturated carbocycles. The minimum Gasteiger partial charge on any atom is -0.0664 e. The summed E-state index contributed by atoms with van der Waals surface area (Å²) in [4.78, 5) is 0. The first-order valence-electron chi connectivity index (χ1n) is 4.19. The Kier molecular flexibility index (Phi) is 0.345. The highest BCUT2D eigenvalue weighted by atomic mass is 14.7. The lowest BCUT2D eigenvalue weighted by Gasteiger charge is -2.27. The quantitative estimate of drug-likeness (QED) is 0.426. The Labute approximate surface area is 54.9 Å². The first-order valence-corrected chi connectivity index (χ1v) is 4.19. The van der Waals surface area contributed by atoms with Crippen LogP contribution in [0.15, 0.2) is 11.1 Å². The normalized spacial score (nSPS) is 64.0. The molecule has 0 heteroatoms. The van der Waals surface area contributed by atoms with E-state index in [1.165, 1.54) is 12.3 Å². The van der Waals surface area contributed by atoms with Crippen molar-refractivity contribution in [2.24, 2.45) is 23.7 Å². The Bertz CT molecular complexity index is 236. The summed E-state index contributed by atoms with van der Waals surface area (Å²) in [7, 11) is 0. The molecule has 0 heterocycles. The van der Waals surface area contributed by atoms with E-state index in [0.717, 1.165) is 17.8 Å². The molecule has 0 aromatic carbocycles. The number of rotatable bonds is 0. The van der Waals surface area contributed by atoms with E-state index in [4.69, 9.17) is 0 Å². The Hall–Kier alpha value is -0.260. The zero-order valence-electron chi connectivity index (χ0n) is 5.43. The van der Waals surface area contributed by atoms with Crippen LogP contribution in [0.2, 0.25) is 0 Å². The molecule has 4 unspecified atom stereocenters. The van der Waals surface area contributed by atoms with E-state index in [2.05, 4.69) is 0 Å². The summed E-state index contributed by atoms with van der Waals surface area (Å²) in [6.45, 7) is 0. The van der Waals surface area contributed by atoms with Crippen LogP contribution in [0.3, 0.4) is 0 Å². The molecule has 0 radical (unpaired) electrons. The van der Waals surface area contributed by atoms with Crippen LogP contribution in [0.5, 0.6) is 0 Å². The average molecular weight is 118 g/mol. The highest BCUT2D eigenvalue weighted by Crippen LogP contribution is 2.76. The third-order valence-corrected chi connectivity index (χ3v) is 4.03. The zero-order valence-corrected chi connectivity index (χ0v) is 5.43. The van der Waals surface area contributed by atoms with Gasteiger partial charge in [0.25, 0.3) is 0 Å². The summed E-state index contributed by atoms with van der Waals surface area (Å²) in [5, 5.41) is 0. The van der Waals surface area contributed by atoms with Crippen molar-refractivity contribution in [1.29, 1.82) is 0 Å². The number of hydrogen-bond donors (Lipinski definition) is 0. The highest BCUT2D eigenvalue weighted by molar-refractivity contribution is 5.51. The maximum atomic E-state index is 1.96.